The van der Waals surface area contributed by atoms with Crippen LogP contribution in [0.25, 0.3) is 10.1 Å². The van der Waals surface area contributed by atoms with Crippen molar-refractivity contribution < 1.29 is 0 Å². The van der Waals surface area contributed by atoms with Crippen LogP contribution in [0.1, 0.15) is 25.8 Å². The van der Waals surface area contributed by atoms with Crippen LogP contribution in [0.2, 0.25) is 0 Å². The second-order valence-electron chi connectivity index (χ2n) is 4.56. The highest BCUT2D eigenvalue weighted by Gasteiger charge is 2.11. The summed E-state index contributed by atoms with van der Waals surface area (Å²) in [5, 5.41) is 3.97. The van der Waals surface area contributed by atoms with Gasteiger partial charge in [-0.1, -0.05) is 32.0 Å². The average Bonchev–Trinajstić information content (AvgIpc) is 2.69. The van der Waals surface area contributed by atoms with Crippen LogP contribution in [0.15, 0.2) is 29.6 Å². The minimum atomic E-state index is 0.290. The highest BCUT2D eigenvalue weighted by molar-refractivity contribution is 7.17. The van der Waals surface area contributed by atoms with Crippen molar-refractivity contribution in [3.63, 3.8) is 0 Å². The van der Waals surface area contributed by atoms with Crippen molar-refractivity contribution in [1.29, 1.82) is 0 Å². The Morgan fingerprint density at radius 1 is 1.25 bits per heavy atom. The molecule has 86 valence electrons. The maximum Gasteiger partial charge on any atom is 0.0362 e. The molecule has 0 N–H and O–H groups in total. The third-order valence-corrected chi connectivity index (χ3v) is 4.71. The van der Waals surface area contributed by atoms with E-state index in [9.17, 15) is 0 Å². The van der Waals surface area contributed by atoms with Gasteiger partial charge in [-0.2, -0.15) is 0 Å². The fraction of sp³-hybridized carbons (Fsp3) is 0.429. The number of fused-ring (bicyclic) bond motifs is 1. The zero-order valence-corrected chi connectivity index (χ0v) is 11.3. The molecule has 0 fully saturated rings. The molecule has 1 aromatic carbocycles. The second kappa shape index (κ2) is 5.20. The Kier molecular flexibility index (Phi) is 3.88. The van der Waals surface area contributed by atoms with E-state index in [1.165, 1.54) is 15.6 Å². The summed E-state index contributed by atoms with van der Waals surface area (Å²) in [7, 11) is 0. The van der Waals surface area contributed by atoms with Crippen LogP contribution < -0.4 is 0 Å². The summed E-state index contributed by atoms with van der Waals surface area (Å²) in [6.45, 7) is 4.37. The van der Waals surface area contributed by atoms with Gasteiger partial charge in [0.15, 0.2) is 0 Å². The molecule has 0 amide bonds. The number of hydrogen-bond donors (Lipinski definition) is 0. The minimum absolute atomic E-state index is 0.290. The van der Waals surface area contributed by atoms with Gasteiger partial charge >= 0.3 is 0 Å². The third-order valence-electron chi connectivity index (χ3n) is 2.97. The lowest BCUT2D eigenvalue weighted by Crippen LogP contribution is -2.08. The molecule has 0 radical (unpaired) electrons. The summed E-state index contributed by atoms with van der Waals surface area (Å²) in [5.74, 6) is 0.562. The van der Waals surface area contributed by atoms with Crippen molar-refractivity contribution in [2.24, 2.45) is 5.92 Å². The van der Waals surface area contributed by atoms with Gasteiger partial charge in [0.2, 0.25) is 0 Å². The smallest absolute Gasteiger partial charge is 0.0362 e. The molecule has 2 heteroatoms. The van der Waals surface area contributed by atoms with Crippen molar-refractivity contribution in [1.82, 2.24) is 0 Å². The van der Waals surface area contributed by atoms with E-state index in [1.54, 1.807) is 0 Å². The fourth-order valence-corrected chi connectivity index (χ4v) is 2.96. The summed E-state index contributed by atoms with van der Waals surface area (Å²) in [6, 6.07) is 8.60. The molecular weight excluding hydrogens is 236 g/mol. The van der Waals surface area contributed by atoms with E-state index < -0.39 is 0 Å². The van der Waals surface area contributed by atoms with Crippen molar-refractivity contribution in [2.45, 2.75) is 32.1 Å². The first-order valence-corrected chi connectivity index (χ1v) is 7.09. The zero-order chi connectivity index (χ0) is 11.5. The van der Waals surface area contributed by atoms with Gasteiger partial charge in [0.25, 0.3) is 0 Å². The summed E-state index contributed by atoms with van der Waals surface area (Å²) < 4.78 is 1.38. The van der Waals surface area contributed by atoms with E-state index in [1.807, 2.05) is 11.3 Å². The summed E-state index contributed by atoms with van der Waals surface area (Å²) >= 11 is 8.12. The van der Waals surface area contributed by atoms with Gasteiger partial charge in [0.1, 0.15) is 0 Å². The predicted molar refractivity (Wildman–Crippen MR) is 74.6 cm³/mol. The van der Waals surface area contributed by atoms with Crippen LogP contribution in [-0.4, -0.2) is 5.38 Å². The number of alkyl halides is 1. The van der Waals surface area contributed by atoms with Crippen LogP contribution in [-0.2, 0) is 6.42 Å². The highest BCUT2D eigenvalue weighted by Crippen LogP contribution is 2.28. The van der Waals surface area contributed by atoms with Crippen molar-refractivity contribution in [3.05, 3.63) is 35.2 Å². The lowest BCUT2D eigenvalue weighted by molar-refractivity contribution is 0.566. The molecule has 1 unspecified atom stereocenters. The molecule has 1 atom stereocenters. The monoisotopic (exact) mass is 252 g/mol. The molecule has 1 heterocycles. The molecule has 2 rings (SSSR count). The van der Waals surface area contributed by atoms with Gasteiger partial charge < -0.3 is 0 Å². The standard InChI is InChI=1S/C14H17ClS/c1-10(2)13(15)8-7-11-9-16-14-6-4-3-5-12(11)14/h3-6,9-10,13H,7-8H2,1-2H3. The van der Waals surface area contributed by atoms with Gasteiger partial charge in [0.05, 0.1) is 0 Å². The minimum Gasteiger partial charge on any atom is -0.144 e. The molecule has 0 spiro atoms. The first-order chi connectivity index (χ1) is 7.68. The van der Waals surface area contributed by atoms with Crippen LogP contribution in [0.3, 0.4) is 0 Å². The van der Waals surface area contributed by atoms with Gasteiger partial charge in [-0.3, -0.25) is 0 Å². The quantitative estimate of drug-likeness (QED) is 0.665. The summed E-state index contributed by atoms with van der Waals surface area (Å²) in [5.41, 5.74) is 1.45. The molecule has 0 nitrogen and oxygen atoms in total. The lowest BCUT2D eigenvalue weighted by atomic mass is 10.0. The second-order valence-corrected chi connectivity index (χ2v) is 6.03. The maximum atomic E-state index is 6.29. The highest BCUT2D eigenvalue weighted by atomic mass is 35.5. The first-order valence-electron chi connectivity index (χ1n) is 5.77. The molecule has 0 aliphatic carbocycles. The van der Waals surface area contributed by atoms with Crippen LogP contribution in [0.4, 0.5) is 0 Å². The lowest BCUT2D eigenvalue weighted by Gasteiger charge is -2.12. The predicted octanol–water partition coefficient (Wildman–Crippen LogP) is 5.10. The van der Waals surface area contributed by atoms with E-state index >= 15 is 0 Å². The average molecular weight is 253 g/mol. The fourth-order valence-electron chi connectivity index (χ4n) is 1.85. The first kappa shape index (κ1) is 11.9. The van der Waals surface area contributed by atoms with Gasteiger partial charge in [-0.15, -0.1) is 22.9 Å². The van der Waals surface area contributed by atoms with E-state index in [4.69, 9.17) is 11.6 Å². The van der Waals surface area contributed by atoms with Crippen LogP contribution in [0, 0.1) is 5.92 Å². The molecule has 0 saturated heterocycles. The molecule has 0 saturated carbocycles. The number of benzene rings is 1. The molecule has 2 aromatic rings. The topological polar surface area (TPSA) is 0 Å². The van der Waals surface area contributed by atoms with Crippen molar-refractivity contribution >= 4 is 33.0 Å². The van der Waals surface area contributed by atoms with E-state index in [0.29, 0.717) is 11.3 Å². The Balaban J connectivity index is 2.10. The number of rotatable bonds is 4. The van der Waals surface area contributed by atoms with Crippen LogP contribution >= 0.6 is 22.9 Å². The SMILES string of the molecule is CC(C)C(Cl)CCc1csc2ccccc12. The molecule has 1 aromatic heterocycles. The summed E-state index contributed by atoms with van der Waals surface area (Å²) in [4.78, 5) is 0. The number of halogens is 1. The van der Waals surface area contributed by atoms with Gasteiger partial charge in [0, 0.05) is 10.1 Å². The molecule has 0 aliphatic rings. The maximum absolute atomic E-state index is 6.29. The number of aryl methyl sites for hydroxylation is 1. The Labute approximate surface area is 106 Å². The Morgan fingerprint density at radius 3 is 2.75 bits per heavy atom. The number of thiophene rings is 1. The third kappa shape index (κ3) is 2.58. The van der Waals surface area contributed by atoms with Crippen molar-refractivity contribution in [2.75, 3.05) is 0 Å². The molecule has 0 aliphatic heterocycles. The summed E-state index contributed by atoms with van der Waals surface area (Å²) in [6.07, 6.45) is 2.16. The Morgan fingerprint density at radius 2 is 2.00 bits per heavy atom. The van der Waals surface area contributed by atoms with E-state index in [0.717, 1.165) is 12.8 Å². The van der Waals surface area contributed by atoms with E-state index in [2.05, 4.69) is 43.5 Å². The van der Waals surface area contributed by atoms with Gasteiger partial charge in [-0.05, 0) is 41.2 Å². The molecule has 0 bridgehead atoms. The Hall–Kier alpha value is -0.530. The molecular formula is C14H17ClS. The largest absolute Gasteiger partial charge is 0.144 e. The molecule has 16 heavy (non-hydrogen) atoms. The van der Waals surface area contributed by atoms with Crippen molar-refractivity contribution in [3.8, 4) is 0 Å². The van der Waals surface area contributed by atoms with E-state index in [-0.39, 0.29) is 0 Å². The Bertz CT molecular complexity index is 458. The number of hydrogen-bond acceptors (Lipinski definition) is 1. The van der Waals surface area contributed by atoms with Gasteiger partial charge in [-0.25, -0.2) is 0 Å². The van der Waals surface area contributed by atoms with Crippen LogP contribution in [0.5, 0.6) is 0 Å². The zero-order valence-electron chi connectivity index (χ0n) is 9.74. The normalized spacial score (nSPS) is 13.5.